The van der Waals surface area contributed by atoms with Crippen LogP contribution in [0.4, 0.5) is 68.2 Å². The number of hydrogen-bond donors (Lipinski definition) is 0. The van der Waals surface area contributed by atoms with Crippen molar-refractivity contribution in [1.82, 2.24) is 0 Å². The van der Waals surface area contributed by atoms with Gasteiger partial charge in [-0.25, -0.2) is 0 Å². The van der Waals surface area contributed by atoms with Gasteiger partial charge in [0.1, 0.15) is 0 Å². The fourth-order valence-electron chi connectivity index (χ4n) is 17.0. The second-order valence-corrected chi connectivity index (χ2v) is 32.9. The first-order valence-electron chi connectivity index (χ1n) is 37.5. The number of para-hydroxylation sites is 2. The number of anilines is 12. The molecular formula is C97H96BN5. The van der Waals surface area contributed by atoms with Crippen LogP contribution < -0.4 is 40.9 Å². The maximum Gasteiger partial charge on any atom is 0.252 e. The van der Waals surface area contributed by atoms with Crippen LogP contribution in [0, 0.1) is 5.41 Å². The Morgan fingerprint density at radius 3 is 1.07 bits per heavy atom. The van der Waals surface area contributed by atoms with E-state index < -0.39 is 0 Å². The van der Waals surface area contributed by atoms with Crippen molar-refractivity contribution >= 4 is 91.3 Å². The first kappa shape index (κ1) is 67.0. The van der Waals surface area contributed by atoms with Crippen LogP contribution in [0.1, 0.15) is 124 Å². The van der Waals surface area contributed by atoms with E-state index in [-0.39, 0.29) is 34.4 Å². The third-order valence-electron chi connectivity index (χ3n) is 22.9. The predicted octanol–water partition coefficient (Wildman–Crippen LogP) is 24.2. The molecule has 5 nitrogen and oxygen atoms in total. The summed E-state index contributed by atoms with van der Waals surface area (Å²) >= 11 is 0. The van der Waals surface area contributed by atoms with Crippen molar-refractivity contribution in [2.75, 3.05) is 37.6 Å². The van der Waals surface area contributed by atoms with Gasteiger partial charge in [0.15, 0.2) is 0 Å². The quantitative estimate of drug-likeness (QED) is 0.0794. The topological polar surface area (TPSA) is 16.2 Å². The summed E-state index contributed by atoms with van der Waals surface area (Å²) in [7, 11) is 0. The number of benzene rings is 12. The van der Waals surface area contributed by atoms with E-state index in [2.05, 4.69) is 387 Å². The minimum absolute atomic E-state index is 0.000779. The molecule has 0 aromatic heterocycles. The van der Waals surface area contributed by atoms with E-state index >= 15 is 0 Å². The Bertz CT molecular complexity index is 4980. The monoisotopic (exact) mass is 1340 g/mol. The summed E-state index contributed by atoms with van der Waals surface area (Å²) in [6.07, 6.45) is 6.16. The van der Waals surface area contributed by atoms with Gasteiger partial charge in [0.25, 0.3) is 6.71 Å². The lowest BCUT2D eigenvalue weighted by atomic mass is 9.33. The molecule has 16 rings (SSSR count). The van der Waals surface area contributed by atoms with Gasteiger partial charge in [0, 0.05) is 104 Å². The molecule has 0 aliphatic carbocycles. The highest BCUT2D eigenvalue weighted by atomic mass is 15.2. The lowest BCUT2D eigenvalue weighted by Crippen LogP contribution is -2.62. The minimum atomic E-state index is -0.290. The van der Waals surface area contributed by atoms with Crippen molar-refractivity contribution in [3.8, 4) is 44.5 Å². The van der Waals surface area contributed by atoms with Crippen LogP contribution in [-0.2, 0) is 29.1 Å². The Morgan fingerprint density at radius 1 is 0.369 bits per heavy atom. The summed E-state index contributed by atoms with van der Waals surface area (Å²) in [6, 6.07) is 102. The molecule has 4 aliphatic rings. The highest BCUT2D eigenvalue weighted by Crippen LogP contribution is 2.59. The van der Waals surface area contributed by atoms with E-state index in [1.54, 1.807) is 0 Å². The van der Waals surface area contributed by atoms with Gasteiger partial charge in [-0.2, -0.15) is 0 Å². The Hall–Kier alpha value is -10.6. The van der Waals surface area contributed by atoms with Crippen LogP contribution in [0.15, 0.2) is 280 Å². The fraction of sp³-hybridized carbons (Fsp3) is 0.237. The molecule has 4 aliphatic heterocycles. The zero-order valence-electron chi connectivity index (χ0n) is 62.3. The molecule has 1 atom stereocenters. The van der Waals surface area contributed by atoms with E-state index in [4.69, 9.17) is 0 Å². The minimum Gasteiger partial charge on any atom is -0.371 e. The molecule has 12 aromatic rings. The third-order valence-corrected chi connectivity index (χ3v) is 22.9. The molecule has 12 aromatic carbocycles. The Labute approximate surface area is 613 Å². The smallest absolute Gasteiger partial charge is 0.252 e. The highest BCUT2D eigenvalue weighted by Gasteiger charge is 2.50. The van der Waals surface area contributed by atoms with Crippen LogP contribution >= 0.6 is 0 Å². The molecule has 103 heavy (non-hydrogen) atoms. The number of nitrogens with zero attached hydrogens (tertiary/aromatic N) is 5. The van der Waals surface area contributed by atoms with Crippen molar-refractivity contribution < 1.29 is 0 Å². The van der Waals surface area contributed by atoms with Crippen molar-refractivity contribution in [3.05, 3.63) is 307 Å². The van der Waals surface area contributed by atoms with Crippen molar-refractivity contribution in [2.45, 2.75) is 131 Å². The summed E-state index contributed by atoms with van der Waals surface area (Å²) < 4.78 is 0. The summed E-state index contributed by atoms with van der Waals surface area (Å²) in [5.74, 6) is 0. The largest absolute Gasteiger partial charge is 0.371 e. The van der Waals surface area contributed by atoms with E-state index in [9.17, 15) is 0 Å². The average molecular weight is 1340 g/mol. The van der Waals surface area contributed by atoms with E-state index in [1.165, 1.54) is 129 Å². The van der Waals surface area contributed by atoms with Gasteiger partial charge in [0.2, 0.25) is 0 Å². The number of rotatable bonds is 14. The predicted molar refractivity (Wildman–Crippen MR) is 444 cm³/mol. The third kappa shape index (κ3) is 11.9. The molecular weight excluding hydrogens is 1250 g/mol. The van der Waals surface area contributed by atoms with Gasteiger partial charge < -0.3 is 24.5 Å². The fourth-order valence-corrected chi connectivity index (χ4v) is 17.0. The second kappa shape index (κ2) is 26.1. The number of hydrogen-bond acceptors (Lipinski definition) is 5. The molecule has 4 heterocycles. The molecule has 512 valence electrons. The molecule has 0 saturated carbocycles. The van der Waals surface area contributed by atoms with Gasteiger partial charge in [-0.15, -0.1) is 6.58 Å². The summed E-state index contributed by atoms with van der Waals surface area (Å²) in [5, 5.41) is 0. The summed E-state index contributed by atoms with van der Waals surface area (Å²) in [4.78, 5) is 13.6. The Kier molecular flexibility index (Phi) is 16.9. The lowest BCUT2D eigenvalue weighted by Gasteiger charge is -2.51. The second-order valence-electron chi connectivity index (χ2n) is 32.9. The van der Waals surface area contributed by atoms with Crippen LogP contribution in [0.25, 0.3) is 44.5 Å². The van der Waals surface area contributed by atoms with Crippen molar-refractivity contribution in [3.63, 3.8) is 0 Å². The molecule has 0 unspecified atom stereocenters. The number of fused-ring (bicyclic) bond motifs is 6. The van der Waals surface area contributed by atoms with E-state index in [1.807, 2.05) is 0 Å². The summed E-state index contributed by atoms with van der Waals surface area (Å²) in [5.41, 5.74) is 34.1. The molecule has 0 spiro atoms. The normalized spacial score (nSPS) is 14.3. The van der Waals surface area contributed by atoms with Crippen molar-refractivity contribution in [2.24, 2.45) is 5.41 Å². The first-order chi connectivity index (χ1) is 49.7. The standard InChI is InChI=1S/C97H96BN5/c1-14-97(12,13)65(2)100(73-51-45-70(46-52-73)94(3,4)5)76-57-59-84-86(63-76)102(90-78(66-31-19-15-20-32-66)39-27-40-79(90)67-33-21-16-22-34-67)92-82-43-29-61-99-62-30-44-83(89(82)99)93-88(92)98(84)85-60-58-77(101(74-53-47-71(48-54-74)95(6,7)8)75-55-49-72(50-56-75)96(9,10)11)64-87(85)103(93)91-80(68-35-23-17-24-36-68)41-28-42-81(91)69-37-25-18-26-38-69/h14-28,31-42,45-60,63-65H,1,29-30,43-44,61-62H2,2-13H3/t65-/m1/s1. The van der Waals surface area contributed by atoms with Gasteiger partial charge >= 0.3 is 0 Å². The Morgan fingerprint density at radius 2 is 0.709 bits per heavy atom. The summed E-state index contributed by atoms with van der Waals surface area (Å²) in [6.45, 7) is 34.2. The van der Waals surface area contributed by atoms with Gasteiger partial charge in [-0.1, -0.05) is 288 Å². The SMILES string of the molecule is C=CC(C)(C)[C@@H](C)N(c1ccc(C(C)(C)C)cc1)c1ccc2c(c1)N(c1c(-c3ccccc3)cccc1-c1ccccc1)c1c3c4c(c5c1B2c1ccc(N(c2ccc(C(C)(C)C)cc2)c2ccc(C(C)(C)C)cc2)cc1N5c1c(-c2ccccc2)cccc1-c1ccccc1)CCCN4CCC3. The average Bonchev–Trinajstić information content (AvgIpc) is 0.673. The Balaban J connectivity index is 1.08. The molecule has 0 fully saturated rings. The van der Waals surface area contributed by atoms with Gasteiger partial charge in [-0.3, -0.25) is 0 Å². The molecule has 0 N–H and O–H groups in total. The molecule has 0 bridgehead atoms. The van der Waals surface area contributed by atoms with E-state index in [0.717, 1.165) is 67.2 Å². The molecule has 0 amide bonds. The lowest BCUT2D eigenvalue weighted by molar-refractivity contribution is 0.390. The van der Waals surface area contributed by atoms with Gasteiger partial charge in [-0.05, 0) is 176 Å². The van der Waals surface area contributed by atoms with Crippen LogP contribution in [0.2, 0.25) is 0 Å². The molecule has 6 heteroatoms. The zero-order valence-corrected chi connectivity index (χ0v) is 62.3. The van der Waals surface area contributed by atoms with Crippen LogP contribution in [0.5, 0.6) is 0 Å². The van der Waals surface area contributed by atoms with Crippen molar-refractivity contribution in [1.29, 1.82) is 0 Å². The first-order valence-corrected chi connectivity index (χ1v) is 37.5. The molecule has 0 saturated heterocycles. The molecule has 0 radical (unpaired) electrons. The highest BCUT2D eigenvalue weighted by molar-refractivity contribution is 7.00. The van der Waals surface area contributed by atoms with Gasteiger partial charge in [0.05, 0.1) is 11.4 Å². The van der Waals surface area contributed by atoms with E-state index in [0.29, 0.717) is 0 Å². The van der Waals surface area contributed by atoms with Crippen LogP contribution in [-0.4, -0.2) is 25.8 Å². The van der Waals surface area contributed by atoms with Crippen LogP contribution in [0.3, 0.4) is 0 Å². The maximum absolute atomic E-state index is 4.52. The maximum atomic E-state index is 4.52. The zero-order chi connectivity index (χ0) is 71.3.